The van der Waals surface area contributed by atoms with Crippen molar-refractivity contribution in [3.8, 4) is 0 Å². The molecule has 4 heteroatoms. The minimum Gasteiger partial charge on any atom is -0.378 e. The minimum atomic E-state index is 0.276. The summed E-state index contributed by atoms with van der Waals surface area (Å²) in [6.45, 7) is 4.02. The number of hydrogen-bond acceptors (Lipinski definition) is 4. The largest absolute Gasteiger partial charge is 0.378 e. The summed E-state index contributed by atoms with van der Waals surface area (Å²) in [7, 11) is 0. The molecule has 1 aliphatic heterocycles. The zero-order valence-corrected chi connectivity index (χ0v) is 11.1. The average Bonchev–Trinajstić information content (AvgIpc) is 2.92. The van der Waals surface area contributed by atoms with Crippen LogP contribution in [0.3, 0.4) is 0 Å². The van der Waals surface area contributed by atoms with Crippen LogP contribution in [0.2, 0.25) is 0 Å². The lowest BCUT2D eigenvalue weighted by Gasteiger charge is -2.17. The van der Waals surface area contributed by atoms with E-state index in [9.17, 15) is 0 Å². The molecular weight excluding hydrogens is 226 g/mol. The van der Waals surface area contributed by atoms with Crippen LogP contribution in [0.1, 0.15) is 50.9 Å². The Kier molecular flexibility index (Phi) is 5.55. The Hall–Kier alpha value is -1.00. The van der Waals surface area contributed by atoms with Gasteiger partial charge in [-0.1, -0.05) is 6.92 Å². The Labute approximate surface area is 109 Å². The molecule has 1 saturated heterocycles. The summed E-state index contributed by atoms with van der Waals surface area (Å²) in [6.07, 6.45) is 9.98. The predicted octanol–water partition coefficient (Wildman–Crippen LogP) is 2.48. The molecule has 0 amide bonds. The molecule has 2 rings (SSSR count). The van der Waals surface area contributed by atoms with E-state index in [1.165, 1.54) is 19.3 Å². The Morgan fingerprint density at radius 3 is 2.94 bits per heavy atom. The van der Waals surface area contributed by atoms with Crippen LogP contribution in [0.15, 0.2) is 18.5 Å². The fourth-order valence-electron chi connectivity index (χ4n) is 2.48. The Morgan fingerprint density at radius 2 is 2.28 bits per heavy atom. The van der Waals surface area contributed by atoms with Crippen molar-refractivity contribution in [2.45, 2.75) is 51.2 Å². The fourth-order valence-corrected chi connectivity index (χ4v) is 2.48. The van der Waals surface area contributed by atoms with E-state index in [2.05, 4.69) is 22.2 Å². The van der Waals surface area contributed by atoms with Gasteiger partial charge < -0.3 is 10.1 Å². The van der Waals surface area contributed by atoms with Gasteiger partial charge in [0.15, 0.2) is 0 Å². The first-order valence-corrected chi connectivity index (χ1v) is 7.02. The van der Waals surface area contributed by atoms with Crippen molar-refractivity contribution >= 4 is 0 Å². The van der Waals surface area contributed by atoms with Gasteiger partial charge >= 0.3 is 0 Å². The molecule has 0 radical (unpaired) electrons. The van der Waals surface area contributed by atoms with Crippen molar-refractivity contribution in [2.75, 3.05) is 13.2 Å². The highest BCUT2D eigenvalue weighted by Crippen LogP contribution is 2.21. The second-order valence-corrected chi connectivity index (χ2v) is 4.78. The van der Waals surface area contributed by atoms with Crippen LogP contribution in [0, 0.1) is 0 Å². The quantitative estimate of drug-likeness (QED) is 0.806. The maximum Gasteiger partial charge on any atom is 0.145 e. The third kappa shape index (κ3) is 4.03. The second kappa shape index (κ2) is 7.44. The van der Waals surface area contributed by atoms with E-state index in [0.717, 1.165) is 31.8 Å². The molecule has 100 valence electrons. The van der Waals surface area contributed by atoms with Gasteiger partial charge in [0.25, 0.3) is 0 Å². The third-order valence-corrected chi connectivity index (χ3v) is 3.39. The van der Waals surface area contributed by atoms with Gasteiger partial charge in [-0.25, -0.2) is 9.97 Å². The molecule has 1 aromatic heterocycles. The van der Waals surface area contributed by atoms with E-state index in [1.807, 2.05) is 18.5 Å². The predicted molar refractivity (Wildman–Crippen MR) is 71.3 cm³/mol. The van der Waals surface area contributed by atoms with Gasteiger partial charge in [-0.15, -0.1) is 0 Å². The van der Waals surface area contributed by atoms with Crippen molar-refractivity contribution in [1.29, 1.82) is 0 Å². The summed E-state index contributed by atoms with van der Waals surface area (Å²) in [4.78, 5) is 8.69. The number of ether oxygens (including phenoxy) is 1. The molecule has 1 N–H and O–H groups in total. The molecule has 1 fully saturated rings. The van der Waals surface area contributed by atoms with E-state index >= 15 is 0 Å². The van der Waals surface area contributed by atoms with Crippen LogP contribution < -0.4 is 5.32 Å². The highest BCUT2D eigenvalue weighted by Gasteiger charge is 2.17. The number of rotatable bonds is 7. The monoisotopic (exact) mass is 249 g/mol. The average molecular weight is 249 g/mol. The number of hydrogen-bond donors (Lipinski definition) is 1. The molecule has 2 atom stereocenters. The molecule has 0 bridgehead atoms. The van der Waals surface area contributed by atoms with Crippen LogP contribution in [0.4, 0.5) is 0 Å². The van der Waals surface area contributed by atoms with Crippen molar-refractivity contribution in [1.82, 2.24) is 15.3 Å². The molecule has 0 aromatic carbocycles. The lowest BCUT2D eigenvalue weighted by Crippen LogP contribution is -2.23. The van der Waals surface area contributed by atoms with Crippen molar-refractivity contribution in [3.63, 3.8) is 0 Å². The van der Waals surface area contributed by atoms with Gasteiger partial charge in [-0.3, -0.25) is 0 Å². The number of nitrogens with zero attached hydrogens (tertiary/aromatic N) is 2. The first kappa shape index (κ1) is 13.4. The highest BCUT2D eigenvalue weighted by molar-refractivity contribution is 4.95. The first-order chi connectivity index (χ1) is 8.90. The Balaban J connectivity index is 1.79. The maximum absolute atomic E-state index is 5.65. The smallest absolute Gasteiger partial charge is 0.145 e. The summed E-state index contributed by atoms with van der Waals surface area (Å²) in [5.74, 6) is 0.909. The molecule has 2 heterocycles. The number of nitrogens with one attached hydrogen (secondary N) is 1. The van der Waals surface area contributed by atoms with Crippen molar-refractivity contribution in [3.05, 3.63) is 24.3 Å². The van der Waals surface area contributed by atoms with Gasteiger partial charge in [0.1, 0.15) is 5.82 Å². The molecule has 0 spiro atoms. The normalized spacial score (nSPS) is 21.1. The standard InChI is InChI=1S/C14H23N3O/c1-2-15-13(14-16-9-5-10-17-14)8-3-6-12-7-4-11-18-12/h5,9-10,12-13,15H,2-4,6-8,11H2,1H3. The van der Waals surface area contributed by atoms with E-state index in [1.54, 1.807) is 0 Å². The van der Waals surface area contributed by atoms with Crippen LogP contribution in [0.5, 0.6) is 0 Å². The molecule has 1 aromatic rings. The van der Waals surface area contributed by atoms with Crippen LogP contribution >= 0.6 is 0 Å². The topological polar surface area (TPSA) is 47.0 Å². The van der Waals surface area contributed by atoms with E-state index < -0.39 is 0 Å². The Morgan fingerprint density at radius 1 is 1.44 bits per heavy atom. The van der Waals surface area contributed by atoms with Crippen molar-refractivity contribution in [2.24, 2.45) is 0 Å². The molecule has 0 saturated carbocycles. The third-order valence-electron chi connectivity index (χ3n) is 3.39. The van der Waals surface area contributed by atoms with Gasteiger partial charge in [-0.2, -0.15) is 0 Å². The summed E-state index contributed by atoms with van der Waals surface area (Å²) >= 11 is 0. The lowest BCUT2D eigenvalue weighted by atomic mass is 10.0. The van der Waals surface area contributed by atoms with Gasteiger partial charge in [0.05, 0.1) is 12.1 Å². The molecule has 4 nitrogen and oxygen atoms in total. The zero-order chi connectivity index (χ0) is 12.6. The zero-order valence-electron chi connectivity index (χ0n) is 11.1. The molecule has 1 aliphatic rings. The summed E-state index contributed by atoms with van der Waals surface area (Å²) < 4.78 is 5.65. The molecule has 2 unspecified atom stereocenters. The van der Waals surface area contributed by atoms with Crippen LogP contribution in [0.25, 0.3) is 0 Å². The Bertz CT molecular complexity index is 325. The fraction of sp³-hybridized carbons (Fsp3) is 0.714. The summed E-state index contributed by atoms with van der Waals surface area (Å²) in [5, 5.41) is 3.46. The molecular formula is C14H23N3O. The van der Waals surface area contributed by atoms with E-state index in [4.69, 9.17) is 4.74 Å². The van der Waals surface area contributed by atoms with Crippen LogP contribution in [-0.2, 0) is 4.74 Å². The second-order valence-electron chi connectivity index (χ2n) is 4.78. The molecule has 18 heavy (non-hydrogen) atoms. The van der Waals surface area contributed by atoms with Gasteiger partial charge in [0.2, 0.25) is 0 Å². The number of aromatic nitrogens is 2. The summed E-state index contributed by atoms with van der Waals surface area (Å²) in [6, 6.07) is 2.14. The SMILES string of the molecule is CCNC(CCCC1CCCO1)c1ncccn1. The van der Waals surface area contributed by atoms with E-state index in [0.29, 0.717) is 6.10 Å². The molecule has 0 aliphatic carbocycles. The van der Waals surface area contributed by atoms with Gasteiger partial charge in [-0.05, 0) is 44.7 Å². The summed E-state index contributed by atoms with van der Waals surface area (Å²) in [5.41, 5.74) is 0. The maximum atomic E-state index is 5.65. The van der Waals surface area contributed by atoms with Crippen LogP contribution in [-0.4, -0.2) is 29.2 Å². The van der Waals surface area contributed by atoms with E-state index in [-0.39, 0.29) is 6.04 Å². The van der Waals surface area contributed by atoms with Crippen molar-refractivity contribution < 1.29 is 4.74 Å². The lowest BCUT2D eigenvalue weighted by molar-refractivity contribution is 0.101. The highest BCUT2D eigenvalue weighted by atomic mass is 16.5. The van der Waals surface area contributed by atoms with Gasteiger partial charge in [0, 0.05) is 19.0 Å². The minimum absolute atomic E-state index is 0.276. The first-order valence-electron chi connectivity index (χ1n) is 7.02.